The van der Waals surface area contributed by atoms with E-state index in [1.54, 1.807) is 17.7 Å². The Labute approximate surface area is 192 Å². The summed E-state index contributed by atoms with van der Waals surface area (Å²) in [6.07, 6.45) is 0. The average Bonchev–Trinajstić information content (AvgIpc) is 3.17. The fourth-order valence-electron chi connectivity index (χ4n) is 3.29. The third-order valence-electron chi connectivity index (χ3n) is 4.70. The minimum absolute atomic E-state index is 0.174. The molecule has 0 aliphatic heterocycles. The molecule has 5 rings (SSSR count). The van der Waals surface area contributed by atoms with Gasteiger partial charge in [-0.15, -0.1) is 0 Å². The van der Waals surface area contributed by atoms with E-state index in [-0.39, 0.29) is 5.56 Å². The summed E-state index contributed by atoms with van der Waals surface area (Å²) in [5, 5.41) is 1.07. The van der Waals surface area contributed by atoms with Gasteiger partial charge in [0.1, 0.15) is 11.6 Å². The number of methoxy groups -OCH3 is 1. The molecule has 0 radical (unpaired) electrons. The van der Waals surface area contributed by atoms with Crippen LogP contribution in [0, 0.1) is 0 Å². The Morgan fingerprint density at radius 1 is 1.00 bits per heavy atom. The zero-order valence-electron chi connectivity index (χ0n) is 15.6. The summed E-state index contributed by atoms with van der Waals surface area (Å²) in [7, 11) is 1.62. The number of thiazole rings is 1. The van der Waals surface area contributed by atoms with Crippen LogP contribution in [0.2, 0.25) is 0 Å². The van der Waals surface area contributed by atoms with Crippen LogP contribution in [0.15, 0.2) is 74.4 Å². The number of halogens is 2. The topological polar surface area (TPSA) is 57.0 Å². The van der Waals surface area contributed by atoms with Crippen molar-refractivity contribution in [3.05, 3.63) is 80.0 Å². The van der Waals surface area contributed by atoms with Crippen LogP contribution in [0.25, 0.3) is 37.6 Å². The summed E-state index contributed by atoms with van der Waals surface area (Å²) >= 11 is 8.46. The first-order chi connectivity index (χ1) is 14.5. The van der Waals surface area contributed by atoms with Crippen LogP contribution in [0.1, 0.15) is 0 Å². The van der Waals surface area contributed by atoms with Crippen LogP contribution in [0.3, 0.4) is 0 Å². The van der Waals surface area contributed by atoms with Gasteiger partial charge >= 0.3 is 0 Å². The zero-order valence-corrected chi connectivity index (χ0v) is 19.6. The Kier molecular flexibility index (Phi) is 4.92. The van der Waals surface area contributed by atoms with Crippen molar-refractivity contribution in [3.8, 4) is 22.3 Å². The molecule has 30 heavy (non-hydrogen) atoms. The Morgan fingerprint density at radius 3 is 2.57 bits per heavy atom. The minimum Gasteiger partial charge on any atom is -0.497 e. The lowest BCUT2D eigenvalue weighted by Gasteiger charge is -2.12. The van der Waals surface area contributed by atoms with Crippen LogP contribution in [-0.2, 0) is 0 Å². The molecule has 0 unspecified atom stereocenters. The van der Waals surface area contributed by atoms with Gasteiger partial charge in [-0.25, -0.2) is 14.5 Å². The van der Waals surface area contributed by atoms with Gasteiger partial charge in [0, 0.05) is 20.6 Å². The third kappa shape index (κ3) is 3.25. The van der Waals surface area contributed by atoms with Gasteiger partial charge in [0.2, 0.25) is 0 Å². The molecule has 148 valence electrons. The van der Waals surface area contributed by atoms with Crippen molar-refractivity contribution in [1.29, 1.82) is 0 Å². The van der Waals surface area contributed by atoms with Gasteiger partial charge in [-0.05, 0) is 40.2 Å². The van der Waals surface area contributed by atoms with Crippen LogP contribution in [0.4, 0.5) is 0 Å². The first-order valence-corrected chi connectivity index (χ1v) is 11.4. The lowest BCUT2D eigenvalue weighted by molar-refractivity contribution is 0.415. The standard InChI is InChI=1S/C22H13Br2N3O2S/c1-29-14-7-8-18-17(11-14)25-22(30-18)27-20(12-5-3-2-4-6-12)26-19-15(21(27)28)9-13(23)10-16(19)24/h2-11H,1H3. The summed E-state index contributed by atoms with van der Waals surface area (Å²) in [6.45, 7) is 0. The fourth-order valence-corrected chi connectivity index (χ4v) is 5.55. The summed E-state index contributed by atoms with van der Waals surface area (Å²) < 4.78 is 9.42. The molecule has 0 atom stereocenters. The van der Waals surface area contributed by atoms with E-state index in [0.717, 1.165) is 30.5 Å². The summed E-state index contributed by atoms with van der Waals surface area (Å²) in [5.41, 5.74) is 2.05. The number of rotatable bonds is 3. The van der Waals surface area contributed by atoms with Gasteiger partial charge in [-0.2, -0.15) is 0 Å². The van der Waals surface area contributed by atoms with Gasteiger partial charge < -0.3 is 4.74 Å². The Balaban J connectivity index is 1.88. The van der Waals surface area contributed by atoms with E-state index < -0.39 is 0 Å². The normalized spacial score (nSPS) is 11.3. The second kappa shape index (κ2) is 7.61. The molecule has 0 saturated carbocycles. The number of nitrogens with zero attached hydrogens (tertiary/aromatic N) is 3. The zero-order chi connectivity index (χ0) is 20.8. The van der Waals surface area contributed by atoms with E-state index in [4.69, 9.17) is 14.7 Å². The highest BCUT2D eigenvalue weighted by Crippen LogP contribution is 2.32. The molecule has 0 saturated heterocycles. The molecule has 0 aliphatic rings. The highest BCUT2D eigenvalue weighted by Gasteiger charge is 2.19. The molecule has 2 aromatic heterocycles. The quantitative estimate of drug-likeness (QED) is 0.272. The molecule has 0 amide bonds. The molecule has 5 nitrogen and oxygen atoms in total. The molecule has 0 fully saturated rings. The lowest BCUT2D eigenvalue weighted by atomic mass is 10.2. The minimum atomic E-state index is -0.174. The van der Waals surface area contributed by atoms with Crippen LogP contribution >= 0.6 is 43.2 Å². The molecule has 8 heteroatoms. The molecular formula is C22H13Br2N3O2S. The number of hydrogen-bond donors (Lipinski definition) is 0. The van der Waals surface area contributed by atoms with Crippen molar-refractivity contribution in [1.82, 2.24) is 14.5 Å². The first kappa shape index (κ1) is 19.4. The summed E-state index contributed by atoms with van der Waals surface area (Å²) in [4.78, 5) is 23.2. The van der Waals surface area contributed by atoms with Crippen molar-refractivity contribution in [2.45, 2.75) is 0 Å². The molecule has 0 N–H and O–H groups in total. The van der Waals surface area contributed by atoms with Gasteiger partial charge in [0.05, 0.1) is 28.2 Å². The van der Waals surface area contributed by atoms with Crippen molar-refractivity contribution >= 4 is 64.3 Å². The van der Waals surface area contributed by atoms with E-state index in [0.29, 0.717) is 21.9 Å². The highest BCUT2D eigenvalue weighted by molar-refractivity contribution is 9.11. The molecule has 0 spiro atoms. The van der Waals surface area contributed by atoms with E-state index in [1.165, 1.54) is 11.3 Å². The Morgan fingerprint density at radius 2 is 1.80 bits per heavy atom. The van der Waals surface area contributed by atoms with E-state index in [9.17, 15) is 4.79 Å². The summed E-state index contributed by atoms with van der Waals surface area (Å²) in [5.74, 6) is 1.27. The van der Waals surface area contributed by atoms with Crippen LogP contribution in [-0.4, -0.2) is 21.6 Å². The number of benzene rings is 3. The maximum Gasteiger partial charge on any atom is 0.268 e. The van der Waals surface area contributed by atoms with Crippen molar-refractivity contribution in [2.75, 3.05) is 7.11 Å². The average molecular weight is 543 g/mol. The van der Waals surface area contributed by atoms with E-state index in [2.05, 4.69) is 31.9 Å². The van der Waals surface area contributed by atoms with Crippen LogP contribution < -0.4 is 10.3 Å². The first-order valence-electron chi connectivity index (χ1n) is 8.97. The highest BCUT2D eigenvalue weighted by atomic mass is 79.9. The van der Waals surface area contributed by atoms with Gasteiger partial charge in [-0.3, -0.25) is 4.79 Å². The van der Waals surface area contributed by atoms with E-state index in [1.807, 2.05) is 54.6 Å². The molecule has 0 bridgehead atoms. The van der Waals surface area contributed by atoms with E-state index >= 15 is 0 Å². The largest absolute Gasteiger partial charge is 0.497 e. The molecular weight excluding hydrogens is 530 g/mol. The van der Waals surface area contributed by atoms with Gasteiger partial charge in [0.15, 0.2) is 5.13 Å². The predicted octanol–water partition coefficient (Wildman–Crippen LogP) is 6.20. The Bertz CT molecular complexity index is 1480. The number of hydrogen-bond acceptors (Lipinski definition) is 5. The smallest absolute Gasteiger partial charge is 0.268 e. The molecule has 3 aromatic carbocycles. The molecule has 5 aromatic rings. The number of ether oxygens (including phenoxy) is 1. The summed E-state index contributed by atoms with van der Waals surface area (Å²) in [6, 6.07) is 19.0. The van der Waals surface area contributed by atoms with Gasteiger partial charge in [0.25, 0.3) is 5.56 Å². The lowest BCUT2D eigenvalue weighted by Crippen LogP contribution is -2.22. The molecule has 0 aliphatic carbocycles. The van der Waals surface area contributed by atoms with Crippen molar-refractivity contribution < 1.29 is 4.74 Å². The maximum absolute atomic E-state index is 13.7. The Hall–Kier alpha value is -2.55. The SMILES string of the molecule is COc1ccc2sc(-n3c(-c4ccccc4)nc4c(Br)cc(Br)cc4c3=O)nc2c1. The number of fused-ring (bicyclic) bond motifs is 2. The second-order valence-corrected chi connectivity index (χ2v) is 9.33. The van der Waals surface area contributed by atoms with Crippen molar-refractivity contribution in [3.63, 3.8) is 0 Å². The number of aromatic nitrogens is 3. The predicted molar refractivity (Wildman–Crippen MR) is 128 cm³/mol. The molecule has 2 heterocycles. The monoisotopic (exact) mass is 541 g/mol. The van der Waals surface area contributed by atoms with Crippen LogP contribution in [0.5, 0.6) is 5.75 Å². The third-order valence-corrected chi connectivity index (χ3v) is 6.78. The fraction of sp³-hybridized carbons (Fsp3) is 0.0455. The van der Waals surface area contributed by atoms with Gasteiger partial charge in [-0.1, -0.05) is 57.6 Å². The second-order valence-electron chi connectivity index (χ2n) is 6.56. The van der Waals surface area contributed by atoms with Crippen molar-refractivity contribution in [2.24, 2.45) is 0 Å². The maximum atomic E-state index is 13.7.